The van der Waals surface area contributed by atoms with Crippen LogP contribution in [0.15, 0.2) is 59.5 Å². The lowest BCUT2D eigenvalue weighted by atomic mass is 10.1. The first kappa shape index (κ1) is 16.1. The number of hydrogen-bond acceptors (Lipinski definition) is 3. The maximum Gasteiger partial charge on any atom is 0.233 e. The fourth-order valence-corrected chi connectivity index (χ4v) is 4.31. The zero-order valence-electron chi connectivity index (χ0n) is 13.7. The second kappa shape index (κ2) is 6.38. The van der Waals surface area contributed by atoms with Crippen LogP contribution in [0.5, 0.6) is 0 Å². The molecular weight excluding hydrogens is 306 g/mol. The van der Waals surface area contributed by atoms with E-state index in [1.165, 1.54) is 0 Å². The lowest BCUT2D eigenvalue weighted by molar-refractivity contribution is -0.121. The van der Waals surface area contributed by atoms with Crippen molar-refractivity contribution in [1.82, 2.24) is 0 Å². The minimum absolute atomic E-state index is 0.0591. The number of carbonyl (C=O) groups excluding carboxylic acids is 1. The summed E-state index contributed by atoms with van der Waals surface area (Å²) >= 11 is 1.76. The Morgan fingerprint density at radius 2 is 1.78 bits per heavy atom. The number of carbonyl (C=O) groups is 1. The van der Waals surface area contributed by atoms with Crippen LogP contribution in [-0.4, -0.2) is 24.0 Å². The molecule has 2 aromatic rings. The van der Waals surface area contributed by atoms with Crippen molar-refractivity contribution in [3.8, 4) is 0 Å². The van der Waals surface area contributed by atoms with Crippen molar-refractivity contribution in [2.75, 3.05) is 12.0 Å². The quantitative estimate of drug-likeness (QED) is 0.849. The molecule has 1 aliphatic heterocycles. The third kappa shape index (κ3) is 3.14. The van der Waals surface area contributed by atoms with Crippen LogP contribution in [0.3, 0.4) is 0 Å². The molecule has 1 heterocycles. The molecule has 1 atom stereocenters. The number of benzene rings is 2. The van der Waals surface area contributed by atoms with Crippen molar-refractivity contribution < 1.29 is 9.53 Å². The van der Waals surface area contributed by atoms with Crippen molar-refractivity contribution in [2.24, 2.45) is 0 Å². The number of methoxy groups -OCH3 is 1. The molecule has 23 heavy (non-hydrogen) atoms. The number of rotatable bonds is 3. The number of hydrogen-bond donors (Lipinski definition) is 0. The zero-order valence-corrected chi connectivity index (χ0v) is 14.5. The minimum Gasteiger partial charge on any atom is -0.360 e. The summed E-state index contributed by atoms with van der Waals surface area (Å²) < 4.78 is 5.51. The molecule has 1 amide bonds. The molecule has 1 aliphatic rings. The Morgan fingerprint density at radius 1 is 1.13 bits per heavy atom. The lowest BCUT2D eigenvalue weighted by Gasteiger charge is -2.45. The van der Waals surface area contributed by atoms with Gasteiger partial charge in [-0.3, -0.25) is 9.69 Å². The van der Waals surface area contributed by atoms with Gasteiger partial charge in [0.1, 0.15) is 0 Å². The van der Waals surface area contributed by atoms with E-state index in [1.54, 1.807) is 18.9 Å². The van der Waals surface area contributed by atoms with E-state index in [9.17, 15) is 4.79 Å². The topological polar surface area (TPSA) is 29.5 Å². The first-order chi connectivity index (χ1) is 11.0. The normalized spacial score (nSPS) is 19.3. The van der Waals surface area contributed by atoms with E-state index < -0.39 is 0 Å². The molecule has 3 nitrogen and oxygen atoms in total. The highest BCUT2D eigenvalue weighted by atomic mass is 32.2. The summed E-state index contributed by atoms with van der Waals surface area (Å²) in [4.78, 5) is 16.0. The third-order valence-corrected chi connectivity index (χ3v) is 5.31. The second-order valence-electron chi connectivity index (χ2n) is 6.19. The van der Waals surface area contributed by atoms with Crippen molar-refractivity contribution in [2.45, 2.75) is 36.1 Å². The van der Waals surface area contributed by atoms with E-state index >= 15 is 0 Å². The van der Waals surface area contributed by atoms with Gasteiger partial charge in [-0.05, 0) is 31.5 Å². The maximum atomic E-state index is 13.0. The number of amides is 1. The van der Waals surface area contributed by atoms with Gasteiger partial charge in [-0.15, -0.1) is 11.8 Å². The number of fused-ring (bicyclic) bond motifs is 1. The molecule has 0 saturated carbocycles. The predicted molar refractivity (Wildman–Crippen MR) is 94.8 cm³/mol. The molecule has 4 heteroatoms. The molecule has 0 N–H and O–H groups in total. The molecule has 120 valence electrons. The van der Waals surface area contributed by atoms with Crippen molar-refractivity contribution in [3.63, 3.8) is 0 Å². The smallest absolute Gasteiger partial charge is 0.233 e. The maximum absolute atomic E-state index is 13.0. The Morgan fingerprint density at radius 3 is 2.48 bits per heavy atom. The fourth-order valence-electron chi connectivity index (χ4n) is 3.02. The predicted octanol–water partition coefficient (Wildman–Crippen LogP) is 4.12. The molecule has 2 aromatic carbocycles. The Kier molecular flexibility index (Phi) is 4.46. The lowest BCUT2D eigenvalue weighted by Crippen LogP contribution is -2.54. The SMILES string of the molecule is COC1N(C(=O)Cc2ccccc2)c2ccccc2SC1(C)C. The van der Waals surface area contributed by atoms with Crippen LogP contribution in [0.2, 0.25) is 0 Å². The minimum atomic E-state index is -0.293. The summed E-state index contributed by atoms with van der Waals surface area (Å²) in [6.45, 7) is 4.23. The average molecular weight is 327 g/mol. The number of ether oxygens (including phenoxy) is 1. The van der Waals surface area contributed by atoms with Gasteiger partial charge < -0.3 is 4.74 Å². The highest BCUT2D eigenvalue weighted by molar-refractivity contribution is 8.01. The Labute approximate surface area is 141 Å². The fraction of sp³-hybridized carbons (Fsp3) is 0.316. The van der Waals surface area contributed by atoms with Crippen molar-refractivity contribution in [1.29, 1.82) is 0 Å². The van der Waals surface area contributed by atoms with Crippen LogP contribution < -0.4 is 4.90 Å². The summed E-state index contributed by atoms with van der Waals surface area (Å²) in [7, 11) is 1.67. The van der Waals surface area contributed by atoms with E-state index in [0.29, 0.717) is 6.42 Å². The van der Waals surface area contributed by atoms with Gasteiger partial charge in [0.2, 0.25) is 5.91 Å². The molecule has 0 radical (unpaired) electrons. The summed E-state index contributed by atoms with van der Waals surface area (Å²) in [6.07, 6.45) is 0.0779. The Hall–Kier alpha value is -1.78. The van der Waals surface area contributed by atoms with Gasteiger partial charge in [0.15, 0.2) is 6.23 Å². The number of thioether (sulfide) groups is 1. The van der Waals surface area contributed by atoms with Gasteiger partial charge in [-0.2, -0.15) is 0 Å². The van der Waals surface area contributed by atoms with Gasteiger partial charge in [-0.1, -0.05) is 42.5 Å². The summed E-state index contributed by atoms with van der Waals surface area (Å²) in [5.41, 5.74) is 1.95. The molecule has 3 rings (SSSR count). The highest BCUT2D eigenvalue weighted by Gasteiger charge is 2.43. The Balaban J connectivity index is 1.98. The summed E-state index contributed by atoms with van der Waals surface area (Å²) in [6, 6.07) is 17.9. The molecule has 0 saturated heterocycles. The zero-order chi connectivity index (χ0) is 16.4. The van der Waals surface area contributed by atoms with Gasteiger partial charge in [0.25, 0.3) is 0 Å². The first-order valence-electron chi connectivity index (χ1n) is 7.70. The van der Waals surface area contributed by atoms with E-state index in [-0.39, 0.29) is 16.9 Å². The van der Waals surface area contributed by atoms with Gasteiger partial charge in [0, 0.05) is 12.0 Å². The number of anilines is 1. The Bertz CT molecular complexity index is 700. The highest BCUT2D eigenvalue weighted by Crippen LogP contribution is 2.48. The second-order valence-corrected chi connectivity index (χ2v) is 7.88. The average Bonchev–Trinajstić information content (AvgIpc) is 2.53. The van der Waals surface area contributed by atoms with Gasteiger partial charge in [-0.25, -0.2) is 0 Å². The van der Waals surface area contributed by atoms with Crippen molar-refractivity contribution >= 4 is 23.4 Å². The van der Waals surface area contributed by atoms with Crippen molar-refractivity contribution in [3.05, 3.63) is 60.2 Å². The molecule has 0 bridgehead atoms. The van der Waals surface area contributed by atoms with E-state index in [1.807, 2.05) is 53.4 Å². The molecule has 0 aliphatic carbocycles. The monoisotopic (exact) mass is 327 g/mol. The van der Waals surface area contributed by atoms with Crippen LogP contribution in [0.4, 0.5) is 5.69 Å². The molecular formula is C19H21NO2S. The van der Waals surface area contributed by atoms with Crippen LogP contribution in [0.25, 0.3) is 0 Å². The molecule has 0 spiro atoms. The largest absolute Gasteiger partial charge is 0.360 e. The van der Waals surface area contributed by atoms with Gasteiger partial charge in [0.05, 0.1) is 16.9 Å². The van der Waals surface area contributed by atoms with Crippen LogP contribution in [-0.2, 0) is 16.0 Å². The van der Waals surface area contributed by atoms with E-state index in [4.69, 9.17) is 4.74 Å². The van der Waals surface area contributed by atoms with Crippen LogP contribution in [0.1, 0.15) is 19.4 Å². The summed E-state index contributed by atoms with van der Waals surface area (Å²) in [5.74, 6) is 0.0591. The molecule has 0 aromatic heterocycles. The third-order valence-electron chi connectivity index (χ3n) is 4.02. The van der Waals surface area contributed by atoms with E-state index in [0.717, 1.165) is 16.1 Å². The van der Waals surface area contributed by atoms with Crippen LogP contribution >= 0.6 is 11.8 Å². The first-order valence-corrected chi connectivity index (χ1v) is 8.51. The molecule has 1 unspecified atom stereocenters. The summed E-state index contributed by atoms with van der Waals surface area (Å²) in [5, 5.41) is 0. The van der Waals surface area contributed by atoms with Gasteiger partial charge >= 0.3 is 0 Å². The van der Waals surface area contributed by atoms with E-state index in [2.05, 4.69) is 19.9 Å². The number of para-hydroxylation sites is 1. The molecule has 0 fully saturated rings. The van der Waals surface area contributed by atoms with Crippen LogP contribution in [0, 0.1) is 0 Å². The number of nitrogens with zero attached hydrogens (tertiary/aromatic N) is 1. The standard InChI is InChI=1S/C19H21NO2S/c1-19(2)18(22-3)20(15-11-7-8-12-16(15)23-19)17(21)13-14-9-5-4-6-10-14/h4-12,18H,13H2,1-3H3.